The third kappa shape index (κ3) is 15.1. The molecule has 0 bridgehead atoms. The lowest BCUT2D eigenvalue weighted by Gasteiger charge is -2.27. The minimum atomic E-state index is 1.12. The van der Waals surface area contributed by atoms with Crippen LogP contribution in [0.4, 0.5) is 68.2 Å². The Morgan fingerprint density at radius 2 is 0.280 bits per heavy atom. The molecule has 4 heteroatoms. The van der Waals surface area contributed by atoms with Crippen molar-refractivity contribution in [3.63, 3.8) is 0 Å². The van der Waals surface area contributed by atoms with Crippen LogP contribution in [-0.2, 0) is 0 Å². The van der Waals surface area contributed by atoms with Crippen molar-refractivity contribution >= 4 is 154 Å². The van der Waals surface area contributed by atoms with E-state index >= 15 is 0 Å². The Hall–Kier alpha value is -17.4. The summed E-state index contributed by atoms with van der Waals surface area (Å²) in [4.78, 5) is 9.32. The number of fused-ring (bicyclic) bond motifs is 8. The highest BCUT2D eigenvalue weighted by Crippen LogP contribution is 2.49. The van der Waals surface area contributed by atoms with Crippen LogP contribution in [0.15, 0.2) is 534 Å². The molecule has 24 aromatic rings. The van der Waals surface area contributed by atoms with Crippen molar-refractivity contribution in [1.82, 2.24) is 0 Å². The molecule has 0 fully saturated rings. The second-order valence-electron chi connectivity index (χ2n) is 33.8. The fourth-order valence-electron chi connectivity index (χ4n) is 19.9. The van der Waals surface area contributed by atoms with E-state index in [0.717, 1.165) is 68.2 Å². The van der Waals surface area contributed by atoms with Crippen LogP contribution in [0, 0.1) is 0 Å². The number of anilines is 12. The number of rotatable bonds is 18. The van der Waals surface area contributed by atoms with Crippen LogP contribution < -0.4 is 19.6 Å². The Bertz CT molecular complexity index is 8020. The molecule has 0 spiro atoms. The van der Waals surface area contributed by atoms with Gasteiger partial charge in [-0.2, -0.15) is 0 Å². The monoisotopic (exact) mass is 1680 g/mol. The van der Waals surface area contributed by atoms with Gasteiger partial charge in [0.1, 0.15) is 0 Å². The van der Waals surface area contributed by atoms with Crippen molar-refractivity contribution in [2.24, 2.45) is 0 Å². The van der Waals surface area contributed by atoms with Gasteiger partial charge in [0, 0.05) is 67.9 Å². The van der Waals surface area contributed by atoms with Crippen molar-refractivity contribution < 1.29 is 0 Å². The number of para-hydroxylation sites is 8. The predicted molar refractivity (Wildman–Crippen MR) is 564 cm³/mol. The summed E-state index contributed by atoms with van der Waals surface area (Å²) in [5, 5.41) is 19.6. The highest BCUT2D eigenvalue weighted by atomic mass is 15.2. The van der Waals surface area contributed by atoms with Crippen LogP contribution in [0.1, 0.15) is 0 Å². The summed E-state index contributed by atoms with van der Waals surface area (Å²) in [6.07, 6.45) is 0. The van der Waals surface area contributed by atoms with Crippen LogP contribution in [0.25, 0.3) is 153 Å². The molecule has 0 amide bonds. The normalized spacial score (nSPS) is 11.3. The van der Waals surface area contributed by atoms with Crippen molar-refractivity contribution in [1.29, 1.82) is 0 Å². The van der Waals surface area contributed by atoms with Gasteiger partial charge < -0.3 is 19.6 Å². The Morgan fingerprint density at radius 3 is 0.561 bits per heavy atom. The zero-order valence-corrected chi connectivity index (χ0v) is 72.6. The average molecular weight is 1680 g/mol. The summed E-state index contributed by atoms with van der Waals surface area (Å²) in [6.45, 7) is 0. The van der Waals surface area contributed by atoms with E-state index in [-0.39, 0.29) is 0 Å². The lowest BCUT2D eigenvalue weighted by atomic mass is 9.87. The van der Waals surface area contributed by atoms with E-state index in [1.54, 1.807) is 0 Å². The SMILES string of the molecule is c1ccc(N(c2ccccc2)c2ccc3cc(-c4ccc(-c5cccc6c(-c7ccc(N(c8ccccc8)c8ccccc8)c8ccccc78)cccc56)c5ccccc45)ccc3c2)cc1.c1ccc(N(c2ccccc2)c2ccc3cc(-c4cccc5c(-c6ccc(-c7ccc8cc(N(c9ccccc9)c9ccccc9)ccc8c7)c7ccccc67)cccc45)ccc3c2)cc1. The van der Waals surface area contributed by atoms with Crippen LogP contribution >= 0.6 is 0 Å². The fourth-order valence-corrected chi connectivity index (χ4v) is 19.9. The van der Waals surface area contributed by atoms with E-state index < -0.39 is 0 Å². The molecule has 4 nitrogen and oxygen atoms in total. The zero-order valence-electron chi connectivity index (χ0n) is 72.6. The maximum absolute atomic E-state index is 2.36. The summed E-state index contributed by atoms with van der Waals surface area (Å²) in [5.74, 6) is 0. The van der Waals surface area contributed by atoms with Gasteiger partial charge in [-0.05, 0) is 305 Å². The average Bonchev–Trinajstić information content (AvgIpc) is 0.736. The molecule has 0 radical (unpaired) electrons. The van der Waals surface area contributed by atoms with Crippen molar-refractivity contribution in [2.45, 2.75) is 0 Å². The van der Waals surface area contributed by atoms with E-state index in [9.17, 15) is 0 Å². The van der Waals surface area contributed by atoms with Gasteiger partial charge in [0.25, 0.3) is 0 Å². The molecule has 0 atom stereocenters. The summed E-state index contributed by atoms with van der Waals surface area (Å²) < 4.78 is 0. The first-order valence-corrected chi connectivity index (χ1v) is 45.3. The molecule has 0 heterocycles. The van der Waals surface area contributed by atoms with E-state index in [4.69, 9.17) is 0 Å². The summed E-state index contributed by atoms with van der Waals surface area (Å²) in [7, 11) is 0. The number of hydrogen-bond acceptors (Lipinski definition) is 4. The largest absolute Gasteiger partial charge is 0.310 e. The van der Waals surface area contributed by atoms with Crippen molar-refractivity contribution in [3.05, 3.63) is 534 Å². The van der Waals surface area contributed by atoms with Crippen LogP contribution in [-0.4, -0.2) is 0 Å². The Labute approximate surface area is 769 Å². The summed E-state index contributed by atoms with van der Waals surface area (Å²) >= 11 is 0. The second-order valence-corrected chi connectivity index (χ2v) is 33.8. The minimum Gasteiger partial charge on any atom is -0.310 e. The fraction of sp³-hybridized carbons (Fsp3) is 0. The topological polar surface area (TPSA) is 13.0 Å². The maximum Gasteiger partial charge on any atom is 0.0540 e. The standard InChI is InChI=1S/2C64H44N2/c1-5-17-51(18-6-1)65(52-19-7-2-8-20-52)55-37-35-45-41-49(33-31-47(45)43-55)57-27-15-29-62-60(57)28-16-30-63(62)64-40-39-58(59-25-13-14-26-61(59)64)50-34-32-48-44-56(38-36-46(48)42-50)66(53-21-9-3-10-22-53)54-23-11-4-12-24-54;1-5-19-48(20-6-1)65(49-21-7-2-8-22-49)52-38-37-45-43-47(36-35-46(45)44-52)53-39-40-61(55-28-14-13-27-54(53)55)58-33-17-32-57-56(58)31-18-34-59(57)62-41-42-64(63-30-16-15-29-60(62)63)66(50-23-9-3-10-24-50)51-25-11-4-12-26-51/h2*1-44H. The van der Waals surface area contributed by atoms with Crippen molar-refractivity contribution in [3.8, 4) is 66.8 Å². The lowest BCUT2D eigenvalue weighted by molar-refractivity contribution is 1.29. The Morgan fingerprint density at radius 1 is 0.0985 bits per heavy atom. The molecule has 0 aliphatic carbocycles. The second kappa shape index (κ2) is 35.1. The summed E-state index contributed by atoms with van der Waals surface area (Å²) in [5.41, 5.74) is 28.2. The van der Waals surface area contributed by atoms with Gasteiger partial charge in [-0.15, -0.1) is 0 Å². The molecule has 0 saturated carbocycles. The predicted octanol–water partition coefficient (Wildman–Crippen LogP) is 36.5. The zero-order chi connectivity index (χ0) is 87.6. The molecule has 0 saturated heterocycles. The molecule has 0 unspecified atom stereocenters. The van der Waals surface area contributed by atoms with E-state index in [1.807, 2.05) is 0 Å². The Balaban J connectivity index is 0.000000150. The van der Waals surface area contributed by atoms with Gasteiger partial charge in [-0.25, -0.2) is 0 Å². The molecule has 24 rings (SSSR count). The first kappa shape index (κ1) is 79.2. The first-order valence-electron chi connectivity index (χ1n) is 45.3. The summed E-state index contributed by atoms with van der Waals surface area (Å²) in [6, 6.07) is 194. The smallest absolute Gasteiger partial charge is 0.0540 e. The third-order valence-corrected chi connectivity index (χ3v) is 26.0. The van der Waals surface area contributed by atoms with Gasteiger partial charge in [0.15, 0.2) is 0 Å². The molecule has 620 valence electrons. The number of hydrogen-bond donors (Lipinski definition) is 0. The molecule has 24 aromatic carbocycles. The van der Waals surface area contributed by atoms with Crippen molar-refractivity contribution in [2.75, 3.05) is 19.6 Å². The van der Waals surface area contributed by atoms with Crippen LogP contribution in [0.3, 0.4) is 0 Å². The van der Waals surface area contributed by atoms with E-state index in [1.165, 1.54) is 153 Å². The molecule has 0 aliphatic rings. The van der Waals surface area contributed by atoms with Gasteiger partial charge >= 0.3 is 0 Å². The quantitative estimate of drug-likeness (QED) is 0.0849. The minimum absolute atomic E-state index is 1.12. The molecule has 0 N–H and O–H groups in total. The third-order valence-electron chi connectivity index (χ3n) is 26.0. The number of nitrogens with zero attached hydrogens (tertiary/aromatic N) is 4. The Kier molecular flexibility index (Phi) is 21.0. The highest BCUT2D eigenvalue weighted by molar-refractivity contribution is 6.17. The molecule has 132 heavy (non-hydrogen) atoms. The van der Waals surface area contributed by atoms with E-state index in [0.29, 0.717) is 0 Å². The van der Waals surface area contributed by atoms with Gasteiger partial charge in [-0.3, -0.25) is 0 Å². The van der Waals surface area contributed by atoms with Gasteiger partial charge in [0.05, 0.1) is 5.69 Å². The molecule has 0 aromatic heterocycles. The lowest BCUT2D eigenvalue weighted by Crippen LogP contribution is -2.10. The maximum atomic E-state index is 2.36. The van der Waals surface area contributed by atoms with Gasteiger partial charge in [-0.1, -0.05) is 376 Å². The highest BCUT2D eigenvalue weighted by Gasteiger charge is 2.24. The first-order chi connectivity index (χ1) is 65.5. The number of benzene rings is 24. The van der Waals surface area contributed by atoms with E-state index in [2.05, 4.69) is 553 Å². The van der Waals surface area contributed by atoms with Gasteiger partial charge in [0.2, 0.25) is 0 Å². The van der Waals surface area contributed by atoms with Crippen LogP contribution in [0.5, 0.6) is 0 Å². The van der Waals surface area contributed by atoms with Crippen LogP contribution in [0.2, 0.25) is 0 Å². The molecular weight excluding hydrogens is 1590 g/mol. The molecular formula is C128H88N4. The molecule has 0 aliphatic heterocycles.